The number of hydrogen-bond acceptors (Lipinski definition) is 3. The Morgan fingerprint density at radius 1 is 1.62 bits per heavy atom. The van der Waals surface area contributed by atoms with Crippen molar-refractivity contribution >= 4 is 0 Å². The Labute approximate surface area is 75.2 Å². The number of phenols is 1. The number of aromatic hydroxyl groups is 1. The molecule has 0 aromatic heterocycles. The third-order valence-corrected chi connectivity index (χ3v) is 1.69. The van der Waals surface area contributed by atoms with E-state index in [-0.39, 0.29) is 17.7 Å². The molecule has 0 radical (unpaired) electrons. The Bertz CT molecular complexity index is 346. The summed E-state index contributed by atoms with van der Waals surface area (Å²) in [5, 5.41) is 17.2. The van der Waals surface area contributed by atoms with Gasteiger partial charge in [-0.15, -0.1) is 0 Å². The van der Waals surface area contributed by atoms with Crippen molar-refractivity contribution in [2.75, 3.05) is 0 Å². The molecule has 0 saturated carbocycles. The minimum absolute atomic E-state index is 0.0572. The molecule has 13 heavy (non-hydrogen) atoms. The summed E-state index contributed by atoms with van der Waals surface area (Å²) >= 11 is 0. The average molecular weight is 180 g/mol. The molecule has 68 valence electrons. The van der Waals surface area contributed by atoms with Gasteiger partial charge in [0.2, 0.25) is 0 Å². The summed E-state index contributed by atoms with van der Waals surface area (Å²) in [6, 6.07) is 4.92. The summed E-state index contributed by atoms with van der Waals surface area (Å²) in [5.41, 5.74) is 5.76. The predicted molar refractivity (Wildman–Crippen MR) is 45.2 cm³/mol. The minimum Gasteiger partial charge on any atom is -0.508 e. The zero-order valence-corrected chi connectivity index (χ0v) is 6.87. The van der Waals surface area contributed by atoms with Crippen LogP contribution in [0.15, 0.2) is 18.2 Å². The highest BCUT2D eigenvalue weighted by molar-refractivity contribution is 5.30. The highest BCUT2D eigenvalue weighted by atomic mass is 19.1. The van der Waals surface area contributed by atoms with Gasteiger partial charge in [-0.05, 0) is 6.07 Å². The van der Waals surface area contributed by atoms with E-state index in [1.54, 1.807) is 0 Å². The van der Waals surface area contributed by atoms with Crippen molar-refractivity contribution in [3.8, 4) is 11.8 Å². The molecular weight excluding hydrogens is 171 g/mol. The van der Waals surface area contributed by atoms with Crippen LogP contribution >= 0.6 is 0 Å². The van der Waals surface area contributed by atoms with Crippen molar-refractivity contribution in [1.29, 1.82) is 5.26 Å². The van der Waals surface area contributed by atoms with Crippen LogP contribution in [0, 0.1) is 17.1 Å². The molecule has 0 spiro atoms. The van der Waals surface area contributed by atoms with Gasteiger partial charge in [-0.1, -0.05) is 6.07 Å². The van der Waals surface area contributed by atoms with Crippen molar-refractivity contribution in [3.05, 3.63) is 29.6 Å². The Morgan fingerprint density at radius 2 is 2.31 bits per heavy atom. The maximum absolute atomic E-state index is 13.1. The summed E-state index contributed by atoms with van der Waals surface area (Å²) in [5.74, 6) is -0.729. The van der Waals surface area contributed by atoms with Crippen molar-refractivity contribution in [2.45, 2.75) is 12.5 Å². The minimum atomic E-state index is -0.634. The molecule has 3 nitrogen and oxygen atoms in total. The van der Waals surface area contributed by atoms with Crippen LogP contribution in [0.5, 0.6) is 5.75 Å². The van der Waals surface area contributed by atoms with Crippen molar-refractivity contribution in [1.82, 2.24) is 0 Å². The van der Waals surface area contributed by atoms with Crippen LogP contribution in [-0.4, -0.2) is 5.11 Å². The van der Waals surface area contributed by atoms with Gasteiger partial charge in [0.15, 0.2) is 0 Å². The zero-order chi connectivity index (χ0) is 9.84. The van der Waals surface area contributed by atoms with Gasteiger partial charge in [-0.2, -0.15) is 5.26 Å². The van der Waals surface area contributed by atoms with E-state index in [0.29, 0.717) is 0 Å². The lowest BCUT2D eigenvalue weighted by atomic mass is 10.0. The molecule has 1 atom stereocenters. The number of nitrogens with zero attached hydrogens (tertiary/aromatic N) is 1. The molecule has 1 unspecified atom stereocenters. The molecule has 1 aromatic carbocycles. The molecular formula is C9H9FN2O. The van der Waals surface area contributed by atoms with Gasteiger partial charge in [-0.3, -0.25) is 0 Å². The third kappa shape index (κ3) is 2.17. The van der Waals surface area contributed by atoms with Crippen molar-refractivity contribution in [2.24, 2.45) is 5.73 Å². The molecule has 0 aliphatic carbocycles. The number of benzene rings is 1. The highest BCUT2D eigenvalue weighted by Crippen LogP contribution is 2.21. The average Bonchev–Trinajstić information content (AvgIpc) is 2.04. The van der Waals surface area contributed by atoms with E-state index in [1.165, 1.54) is 12.1 Å². The molecule has 0 heterocycles. The van der Waals surface area contributed by atoms with Crippen LogP contribution in [0.3, 0.4) is 0 Å². The number of phenolic OH excluding ortho intramolecular Hbond substituents is 1. The Morgan fingerprint density at radius 3 is 2.85 bits per heavy atom. The SMILES string of the molecule is N#CCC(N)c1ccc(O)cc1F. The second-order valence-corrected chi connectivity index (χ2v) is 2.67. The first-order valence-corrected chi connectivity index (χ1v) is 3.76. The Kier molecular flexibility index (Phi) is 2.83. The fraction of sp³-hybridized carbons (Fsp3) is 0.222. The summed E-state index contributed by atoms with van der Waals surface area (Å²) in [6.07, 6.45) is 0.0572. The number of rotatable bonds is 2. The van der Waals surface area contributed by atoms with Crippen LogP contribution in [0.1, 0.15) is 18.0 Å². The fourth-order valence-electron chi connectivity index (χ4n) is 1.03. The molecule has 3 N–H and O–H groups in total. The fourth-order valence-corrected chi connectivity index (χ4v) is 1.03. The van der Waals surface area contributed by atoms with E-state index < -0.39 is 11.9 Å². The first kappa shape index (κ1) is 9.49. The molecule has 0 amide bonds. The molecule has 4 heteroatoms. The van der Waals surface area contributed by atoms with Crippen LogP contribution in [-0.2, 0) is 0 Å². The van der Waals surface area contributed by atoms with Crippen LogP contribution < -0.4 is 5.73 Å². The molecule has 0 saturated heterocycles. The number of nitriles is 1. The van der Waals surface area contributed by atoms with Gasteiger partial charge in [0.1, 0.15) is 11.6 Å². The maximum atomic E-state index is 13.1. The third-order valence-electron chi connectivity index (χ3n) is 1.69. The van der Waals surface area contributed by atoms with Gasteiger partial charge in [0.25, 0.3) is 0 Å². The lowest BCUT2D eigenvalue weighted by molar-refractivity contribution is 0.466. The number of hydrogen-bond donors (Lipinski definition) is 2. The Hall–Kier alpha value is -1.60. The quantitative estimate of drug-likeness (QED) is 0.723. The van der Waals surface area contributed by atoms with Gasteiger partial charge >= 0.3 is 0 Å². The van der Waals surface area contributed by atoms with Gasteiger partial charge in [0, 0.05) is 17.7 Å². The molecule has 0 bridgehead atoms. The maximum Gasteiger partial charge on any atom is 0.131 e. The second-order valence-electron chi connectivity index (χ2n) is 2.67. The summed E-state index contributed by atoms with van der Waals surface area (Å²) in [4.78, 5) is 0. The van der Waals surface area contributed by atoms with Crippen LogP contribution in [0.2, 0.25) is 0 Å². The van der Waals surface area contributed by atoms with Crippen molar-refractivity contribution in [3.63, 3.8) is 0 Å². The number of nitrogens with two attached hydrogens (primary N) is 1. The summed E-state index contributed by atoms with van der Waals surface area (Å²) < 4.78 is 13.1. The van der Waals surface area contributed by atoms with Gasteiger partial charge in [-0.25, -0.2) is 4.39 Å². The monoisotopic (exact) mass is 180 g/mol. The van der Waals surface area contributed by atoms with Crippen LogP contribution in [0.4, 0.5) is 4.39 Å². The van der Waals surface area contributed by atoms with E-state index in [9.17, 15) is 4.39 Å². The highest BCUT2D eigenvalue weighted by Gasteiger charge is 2.10. The molecule has 0 aliphatic rings. The molecule has 1 aromatic rings. The van der Waals surface area contributed by atoms with E-state index in [0.717, 1.165) is 6.07 Å². The van der Waals surface area contributed by atoms with E-state index in [4.69, 9.17) is 16.1 Å². The smallest absolute Gasteiger partial charge is 0.131 e. The van der Waals surface area contributed by atoms with E-state index in [1.807, 2.05) is 6.07 Å². The molecule has 0 fully saturated rings. The zero-order valence-electron chi connectivity index (χ0n) is 6.87. The van der Waals surface area contributed by atoms with E-state index in [2.05, 4.69) is 0 Å². The topological polar surface area (TPSA) is 70.0 Å². The first-order valence-electron chi connectivity index (χ1n) is 3.76. The summed E-state index contributed by atoms with van der Waals surface area (Å²) in [6.45, 7) is 0. The molecule has 0 aliphatic heterocycles. The summed E-state index contributed by atoms with van der Waals surface area (Å²) in [7, 11) is 0. The van der Waals surface area contributed by atoms with Crippen LogP contribution in [0.25, 0.3) is 0 Å². The Balaban J connectivity index is 2.96. The van der Waals surface area contributed by atoms with Gasteiger partial charge in [0.05, 0.1) is 12.5 Å². The largest absolute Gasteiger partial charge is 0.508 e. The normalized spacial score (nSPS) is 12.1. The standard InChI is InChI=1S/C9H9FN2O/c10-8-5-6(13)1-2-7(8)9(12)3-4-11/h1-2,5,9,13H,3,12H2. The predicted octanol–water partition coefficient (Wildman–Crippen LogP) is 1.44. The second kappa shape index (κ2) is 3.87. The number of halogens is 1. The lowest BCUT2D eigenvalue weighted by Gasteiger charge is -2.08. The first-order chi connectivity index (χ1) is 6.15. The van der Waals surface area contributed by atoms with Gasteiger partial charge < -0.3 is 10.8 Å². The lowest BCUT2D eigenvalue weighted by Crippen LogP contribution is -2.10. The van der Waals surface area contributed by atoms with Crippen molar-refractivity contribution < 1.29 is 9.50 Å². The van der Waals surface area contributed by atoms with E-state index >= 15 is 0 Å². The molecule has 1 rings (SSSR count).